The number of hydrogen-bond acceptors (Lipinski definition) is 2. The quantitative estimate of drug-likeness (QED) is 0.899. The fourth-order valence-corrected chi connectivity index (χ4v) is 3.11. The van der Waals surface area contributed by atoms with Crippen molar-refractivity contribution in [2.45, 2.75) is 46.6 Å². The van der Waals surface area contributed by atoms with E-state index in [0.29, 0.717) is 25.4 Å². The van der Waals surface area contributed by atoms with Crippen LogP contribution in [-0.2, 0) is 16.1 Å². The smallest absolute Gasteiger partial charge is 0.227 e. The number of rotatable bonds is 5. The molecule has 2 rings (SSSR count). The van der Waals surface area contributed by atoms with Gasteiger partial charge in [0.25, 0.3) is 0 Å². The first-order valence-corrected chi connectivity index (χ1v) is 8.61. The Labute approximate surface area is 143 Å². The van der Waals surface area contributed by atoms with Crippen LogP contribution in [0.5, 0.6) is 0 Å². The van der Waals surface area contributed by atoms with Crippen LogP contribution < -0.4 is 5.32 Å². The zero-order valence-electron chi connectivity index (χ0n) is 14.8. The molecule has 0 bridgehead atoms. The molecule has 24 heavy (non-hydrogen) atoms. The van der Waals surface area contributed by atoms with Crippen LogP contribution in [0.25, 0.3) is 0 Å². The van der Waals surface area contributed by atoms with Crippen LogP contribution >= 0.6 is 0 Å². The minimum atomic E-state index is -0.565. The molecule has 1 aliphatic rings. The van der Waals surface area contributed by atoms with Gasteiger partial charge in [-0.1, -0.05) is 26.0 Å². The molecule has 1 aliphatic heterocycles. The van der Waals surface area contributed by atoms with Crippen molar-refractivity contribution >= 4 is 11.8 Å². The number of carbonyl (C=O) groups excluding carboxylic acids is 2. The van der Waals surface area contributed by atoms with Crippen LogP contribution in [0.15, 0.2) is 24.3 Å². The molecular formula is C19H27FN2O2. The lowest BCUT2D eigenvalue weighted by Crippen LogP contribution is -2.51. The number of nitrogens with zero attached hydrogens (tertiary/aromatic N) is 1. The molecule has 0 radical (unpaired) electrons. The zero-order chi connectivity index (χ0) is 17.7. The Kier molecular flexibility index (Phi) is 5.97. The van der Waals surface area contributed by atoms with Crippen LogP contribution in [0.3, 0.4) is 0 Å². The molecular weight excluding hydrogens is 307 g/mol. The average molecular weight is 334 g/mol. The highest BCUT2D eigenvalue weighted by atomic mass is 19.1. The maximum absolute atomic E-state index is 12.9. The number of benzene rings is 1. The first-order valence-electron chi connectivity index (χ1n) is 8.61. The van der Waals surface area contributed by atoms with Crippen molar-refractivity contribution < 1.29 is 14.0 Å². The molecule has 0 aromatic heterocycles. The van der Waals surface area contributed by atoms with Crippen LogP contribution in [0.4, 0.5) is 4.39 Å². The third-order valence-electron chi connectivity index (χ3n) is 4.55. The summed E-state index contributed by atoms with van der Waals surface area (Å²) in [6, 6.07) is 6.10. The van der Waals surface area contributed by atoms with Crippen LogP contribution in [0.2, 0.25) is 0 Å². The topological polar surface area (TPSA) is 49.4 Å². The average Bonchev–Trinajstić information content (AvgIpc) is 2.53. The predicted octanol–water partition coefficient (Wildman–Crippen LogP) is 3.12. The fraction of sp³-hybridized carbons (Fsp3) is 0.579. The van der Waals surface area contributed by atoms with E-state index in [1.807, 2.05) is 25.7 Å². The highest BCUT2D eigenvalue weighted by Gasteiger charge is 2.39. The summed E-state index contributed by atoms with van der Waals surface area (Å²) in [6.07, 6.45) is 2.13. The number of piperidine rings is 1. The van der Waals surface area contributed by atoms with E-state index in [9.17, 15) is 14.0 Å². The fourth-order valence-electron chi connectivity index (χ4n) is 3.11. The summed E-state index contributed by atoms with van der Waals surface area (Å²) in [4.78, 5) is 26.7. The highest BCUT2D eigenvalue weighted by molar-refractivity contribution is 5.84. The summed E-state index contributed by atoms with van der Waals surface area (Å²) in [6.45, 7) is 7.53. The van der Waals surface area contributed by atoms with Crippen molar-refractivity contribution in [3.8, 4) is 0 Å². The van der Waals surface area contributed by atoms with Crippen molar-refractivity contribution in [1.29, 1.82) is 0 Å². The Bertz CT molecular complexity index is 586. The molecule has 0 unspecified atom stereocenters. The van der Waals surface area contributed by atoms with Gasteiger partial charge in [0.15, 0.2) is 0 Å². The number of likely N-dealkylation sites (tertiary alicyclic amines) is 1. The molecule has 1 fully saturated rings. The first kappa shape index (κ1) is 18.4. The molecule has 132 valence electrons. The van der Waals surface area contributed by atoms with E-state index in [-0.39, 0.29) is 17.6 Å². The van der Waals surface area contributed by atoms with Gasteiger partial charge in [0, 0.05) is 26.1 Å². The molecule has 4 nitrogen and oxygen atoms in total. The van der Waals surface area contributed by atoms with Gasteiger partial charge < -0.3 is 10.2 Å². The van der Waals surface area contributed by atoms with Gasteiger partial charge in [0.2, 0.25) is 11.8 Å². The summed E-state index contributed by atoms with van der Waals surface area (Å²) >= 11 is 0. The normalized spacial score (nSPS) is 21.0. The Balaban J connectivity index is 1.94. The minimum absolute atomic E-state index is 0.0473. The third-order valence-corrected chi connectivity index (χ3v) is 4.55. The van der Waals surface area contributed by atoms with E-state index in [1.54, 1.807) is 12.1 Å². The summed E-state index contributed by atoms with van der Waals surface area (Å²) in [5.74, 6) is 0.109. The van der Waals surface area contributed by atoms with Crippen molar-refractivity contribution in [2.24, 2.45) is 11.3 Å². The monoisotopic (exact) mass is 334 g/mol. The minimum Gasteiger partial charge on any atom is -0.351 e. The van der Waals surface area contributed by atoms with Crippen LogP contribution in [0, 0.1) is 17.2 Å². The van der Waals surface area contributed by atoms with Gasteiger partial charge in [-0.05, 0) is 43.4 Å². The number of carbonyl (C=O) groups is 2. The van der Waals surface area contributed by atoms with Gasteiger partial charge in [-0.15, -0.1) is 0 Å². The lowest BCUT2D eigenvalue weighted by atomic mass is 9.80. The molecule has 1 atom stereocenters. The predicted molar refractivity (Wildman–Crippen MR) is 91.6 cm³/mol. The van der Waals surface area contributed by atoms with Crippen LogP contribution in [-0.4, -0.2) is 29.8 Å². The van der Waals surface area contributed by atoms with E-state index < -0.39 is 5.41 Å². The molecule has 2 amide bonds. The van der Waals surface area contributed by atoms with E-state index in [1.165, 1.54) is 12.1 Å². The molecule has 0 aliphatic carbocycles. The maximum Gasteiger partial charge on any atom is 0.227 e. The van der Waals surface area contributed by atoms with Gasteiger partial charge in [-0.25, -0.2) is 4.39 Å². The van der Waals surface area contributed by atoms with Gasteiger partial charge in [-0.3, -0.25) is 9.59 Å². The molecule has 1 heterocycles. The molecule has 1 N–H and O–H groups in total. The second kappa shape index (κ2) is 7.77. The highest BCUT2D eigenvalue weighted by Crippen LogP contribution is 2.30. The largest absolute Gasteiger partial charge is 0.351 e. The van der Waals surface area contributed by atoms with E-state index in [0.717, 1.165) is 24.9 Å². The summed E-state index contributed by atoms with van der Waals surface area (Å²) in [7, 11) is 0. The molecule has 0 spiro atoms. The number of nitrogens with one attached hydrogen (secondary N) is 1. The van der Waals surface area contributed by atoms with Gasteiger partial charge >= 0.3 is 0 Å². The third kappa shape index (κ3) is 4.79. The SMILES string of the molecule is CC(C)CC(=O)N1CCC[C@](C)(C(=O)NCc2ccc(F)cc2)C1. The Hall–Kier alpha value is -1.91. The van der Waals surface area contributed by atoms with Gasteiger partial charge in [0.05, 0.1) is 5.41 Å². The Morgan fingerprint density at radius 1 is 1.29 bits per heavy atom. The number of amides is 2. The van der Waals surface area contributed by atoms with Gasteiger partial charge in [-0.2, -0.15) is 0 Å². The van der Waals surface area contributed by atoms with Crippen molar-refractivity contribution in [1.82, 2.24) is 10.2 Å². The molecule has 1 saturated heterocycles. The van der Waals surface area contributed by atoms with E-state index in [2.05, 4.69) is 5.32 Å². The van der Waals surface area contributed by atoms with E-state index in [4.69, 9.17) is 0 Å². The van der Waals surface area contributed by atoms with E-state index >= 15 is 0 Å². The maximum atomic E-state index is 12.9. The molecule has 5 heteroatoms. The standard InChI is InChI=1S/C19H27FN2O2/c1-14(2)11-17(23)22-10-4-9-19(3,13-22)18(24)21-12-15-5-7-16(20)8-6-15/h5-8,14H,4,9-13H2,1-3H3,(H,21,24)/t19-/m0/s1. The van der Waals surface area contributed by atoms with Crippen molar-refractivity contribution in [3.05, 3.63) is 35.6 Å². The second-order valence-corrected chi connectivity index (χ2v) is 7.39. The number of halogens is 1. The summed E-state index contributed by atoms with van der Waals surface area (Å²) in [5.41, 5.74) is 0.294. The zero-order valence-corrected chi connectivity index (χ0v) is 14.8. The Morgan fingerprint density at radius 2 is 1.96 bits per heavy atom. The summed E-state index contributed by atoms with van der Waals surface area (Å²) < 4.78 is 12.9. The second-order valence-electron chi connectivity index (χ2n) is 7.39. The van der Waals surface area contributed by atoms with Crippen LogP contribution in [0.1, 0.15) is 45.6 Å². The lowest BCUT2D eigenvalue weighted by molar-refractivity contribution is -0.141. The molecule has 1 aromatic rings. The lowest BCUT2D eigenvalue weighted by Gasteiger charge is -2.39. The molecule has 0 saturated carbocycles. The van der Waals surface area contributed by atoms with Crippen molar-refractivity contribution in [3.63, 3.8) is 0 Å². The Morgan fingerprint density at radius 3 is 2.58 bits per heavy atom. The number of hydrogen-bond donors (Lipinski definition) is 1. The van der Waals surface area contributed by atoms with Crippen molar-refractivity contribution in [2.75, 3.05) is 13.1 Å². The first-order chi connectivity index (χ1) is 11.3. The molecule has 1 aromatic carbocycles. The van der Waals surface area contributed by atoms with Gasteiger partial charge in [0.1, 0.15) is 5.82 Å². The summed E-state index contributed by atoms with van der Waals surface area (Å²) in [5, 5.41) is 2.93.